The molecule has 2 amide bonds. The minimum atomic E-state index is -1.48. The Balaban J connectivity index is 2.29. The Labute approximate surface area is 117 Å². The lowest BCUT2D eigenvalue weighted by Crippen LogP contribution is -2.47. The van der Waals surface area contributed by atoms with Crippen LogP contribution in [-0.4, -0.2) is 45.7 Å². The molecule has 0 radical (unpaired) electrons. The van der Waals surface area contributed by atoms with Gasteiger partial charge in [0.15, 0.2) is 0 Å². The smallest absolute Gasteiger partial charge is 0.240 e. The number of hydrogen-bond donors (Lipinski definition) is 2. The molecule has 2 unspecified atom stereocenters. The quantitative estimate of drug-likeness (QED) is 0.783. The van der Waals surface area contributed by atoms with E-state index < -0.39 is 17.6 Å². The predicted molar refractivity (Wildman–Crippen MR) is 72.8 cm³/mol. The summed E-state index contributed by atoms with van der Waals surface area (Å²) in [7, 11) is 0. The van der Waals surface area contributed by atoms with Crippen LogP contribution in [0.3, 0.4) is 0 Å². The van der Waals surface area contributed by atoms with Crippen LogP contribution >= 0.6 is 0 Å². The molecule has 0 saturated carbocycles. The van der Waals surface area contributed by atoms with E-state index in [0.717, 1.165) is 10.5 Å². The first kappa shape index (κ1) is 14.7. The van der Waals surface area contributed by atoms with Gasteiger partial charge in [-0.3, -0.25) is 14.5 Å². The summed E-state index contributed by atoms with van der Waals surface area (Å²) in [5, 5.41) is 18.9. The lowest BCUT2D eigenvalue weighted by molar-refractivity contribution is -0.144. The molecule has 2 N–H and O–H groups in total. The van der Waals surface area contributed by atoms with E-state index in [1.54, 1.807) is 6.92 Å². The van der Waals surface area contributed by atoms with E-state index in [2.05, 4.69) is 0 Å². The molecule has 1 aromatic carbocycles. The number of carbonyl (C=O) groups is 2. The first-order chi connectivity index (χ1) is 9.30. The number of rotatable bonds is 4. The second-order valence-electron chi connectivity index (χ2n) is 5.82. The Morgan fingerprint density at radius 2 is 1.90 bits per heavy atom. The molecule has 5 heteroatoms. The van der Waals surface area contributed by atoms with Crippen LogP contribution in [0.2, 0.25) is 0 Å². The van der Waals surface area contributed by atoms with Gasteiger partial charge >= 0.3 is 0 Å². The number of nitrogens with zero attached hydrogens (tertiary/aromatic N) is 1. The van der Waals surface area contributed by atoms with E-state index in [4.69, 9.17) is 5.11 Å². The zero-order valence-electron chi connectivity index (χ0n) is 11.7. The summed E-state index contributed by atoms with van der Waals surface area (Å²) in [6, 6.07) is 9.13. The van der Waals surface area contributed by atoms with Gasteiger partial charge in [0.25, 0.3) is 0 Å². The van der Waals surface area contributed by atoms with Crippen LogP contribution in [0.15, 0.2) is 30.3 Å². The number of benzene rings is 1. The topological polar surface area (TPSA) is 77.8 Å². The standard InChI is InChI=1S/C15H19NO4/c1-14(20,10-17)9-16-12(18)8-15(2,13(16)19)11-6-4-3-5-7-11/h3-7,17,20H,8-10H2,1-2H3. The molecule has 2 atom stereocenters. The van der Waals surface area contributed by atoms with Crippen LogP contribution in [-0.2, 0) is 15.0 Å². The highest BCUT2D eigenvalue weighted by Crippen LogP contribution is 2.36. The van der Waals surface area contributed by atoms with Gasteiger partial charge in [0, 0.05) is 6.42 Å². The monoisotopic (exact) mass is 277 g/mol. The molecule has 2 rings (SSSR count). The van der Waals surface area contributed by atoms with Gasteiger partial charge in [-0.1, -0.05) is 30.3 Å². The fraction of sp³-hybridized carbons (Fsp3) is 0.467. The Bertz CT molecular complexity index is 526. The molecule has 1 aliphatic heterocycles. The van der Waals surface area contributed by atoms with Gasteiger partial charge in [0.1, 0.15) is 5.60 Å². The molecule has 20 heavy (non-hydrogen) atoms. The van der Waals surface area contributed by atoms with Crippen molar-refractivity contribution < 1.29 is 19.8 Å². The first-order valence-electron chi connectivity index (χ1n) is 6.54. The fourth-order valence-corrected chi connectivity index (χ4v) is 2.47. The number of amides is 2. The maximum Gasteiger partial charge on any atom is 0.240 e. The summed E-state index contributed by atoms with van der Waals surface area (Å²) in [5.41, 5.74) is -1.60. The molecule has 1 aromatic rings. The average molecular weight is 277 g/mol. The lowest BCUT2D eigenvalue weighted by atomic mass is 9.81. The van der Waals surface area contributed by atoms with Crippen molar-refractivity contribution in [3.05, 3.63) is 35.9 Å². The van der Waals surface area contributed by atoms with Crippen LogP contribution in [0.25, 0.3) is 0 Å². The van der Waals surface area contributed by atoms with Crippen molar-refractivity contribution in [2.75, 3.05) is 13.2 Å². The molecule has 0 aromatic heterocycles. The van der Waals surface area contributed by atoms with Crippen molar-refractivity contribution in [3.8, 4) is 0 Å². The summed E-state index contributed by atoms with van der Waals surface area (Å²) in [6.07, 6.45) is 0.0807. The molecule has 5 nitrogen and oxygen atoms in total. The summed E-state index contributed by atoms with van der Waals surface area (Å²) < 4.78 is 0. The first-order valence-corrected chi connectivity index (χ1v) is 6.54. The fourth-order valence-electron chi connectivity index (χ4n) is 2.47. The van der Waals surface area contributed by atoms with Crippen LogP contribution in [0.4, 0.5) is 0 Å². The number of β-amino-alcohol motifs (C(OH)–C–C–N with tert-alkyl or cyclic N) is 1. The van der Waals surface area contributed by atoms with E-state index in [0.29, 0.717) is 0 Å². The normalized spacial score (nSPS) is 25.9. The van der Waals surface area contributed by atoms with E-state index in [9.17, 15) is 14.7 Å². The molecular weight excluding hydrogens is 258 g/mol. The van der Waals surface area contributed by atoms with Crippen molar-refractivity contribution in [2.24, 2.45) is 0 Å². The maximum atomic E-state index is 12.5. The third kappa shape index (κ3) is 2.46. The number of hydrogen-bond acceptors (Lipinski definition) is 4. The second-order valence-corrected chi connectivity index (χ2v) is 5.82. The second kappa shape index (κ2) is 5.00. The van der Waals surface area contributed by atoms with Gasteiger partial charge in [-0.05, 0) is 19.4 Å². The molecule has 108 valence electrons. The number of imide groups is 1. The molecule has 1 fully saturated rings. The summed E-state index contributed by atoms with van der Waals surface area (Å²) in [6.45, 7) is 2.43. The number of aliphatic hydroxyl groups is 2. The predicted octanol–water partition coefficient (Wildman–Crippen LogP) is 0.447. The largest absolute Gasteiger partial charge is 0.393 e. The Morgan fingerprint density at radius 3 is 2.45 bits per heavy atom. The number of likely N-dealkylation sites (tertiary alicyclic amines) is 1. The Hall–Kier alpha value is -1.72. The van der Waals surface area contributed by atoms with E-state index in [1.807, 2.05) is 30.3 Å². The van der Waals surface area contributed by atoms with E-state index in [-0.39, 0.29) is 24.8 Å². The van der Waals surface area contributed by atoms with Gasteiger partial charge in [-0.25, -0.2) is 0 Å². The third-order valence-corrected chi connectivity index (χ3v) is 3.77. The van der Waals surface area contributed by atoms with Gasteiger partial charge in [0.05, 0.1) is 18.6 Å². The van der Waals surface area contributed by atoms with Crippen molar-refractivity contribution in [1.29, 1.82) is 0 Å². The van der Waals surface area contributed by atoms with Gasteiger partial charge in [-0.15, -0.1) is 0 Å². The van der Waals surface area contributed by atoms with Crippen molar-refractivity contribution >= 4 is 11.8 Å². The molecule has 1 saturated heterocycles. The summed E-state index contributed by atoms with van der Waals surface area (Å²) >= 11 is 0. The van der Waals surface area contributed by atoms with Crippen molar-refractivity contribution in [2.45, 2.75) is 31.3 Å². The van der Waals surface area contributed by atoms with E-state index in [1.165, 1.54) is 6.92 Å². The molecular formula is C15H19NO4. The molecule has 1 heterocycles. The maximum absolute atomic E-state index is 12.5. The van der Waals surface area contributed by atoms with Crippen molar-refractivity contribution in [3.63, 3.8) is 0 Å². The Morgan fingerprint density at radius 1 is 1.30 bits per heavy atom. The lowest BCUT2D eigenvalue weighted by Gasteiger charge is -2.28. The summed E-state index contributed by atoms with van der Waals surface area (Å²) in [5.74, 6) is -0.655. The highest BCUT2D eigenvalue weighted by Gasteiger charge is 2.50. The van der Waals surface area contributed by atoms with Gasteiger partial charge < -0.3 is 10.2 Å². The minimum Gasteiger partial charge on any atom is -0.393 e. The van der Waals surface area contributed by atoms with Crippen LogP contribution < -0.4 is 0 Å². The van der Waals surface area contributed by atoms with Crippen LogP contribution in [0, 0.1) is 0 Å². The van der Waals surface area contributed by atoms with Crippen molar-refractivity contribution in [1.82, 2.24) is 4.90 Å². The zero-order chi connectivity index (χ0) is 15.0. The SMILES string of the molecule is CC(O)(CO)CN1C(=O)CC(C)(c2ccccc2)C1=O. The zero-order valence-corrected chi connectivity index (χ0v) is 11.7. The number of aliphatic hydroxyl groups excluding tert-OH is 1. The highest BCUT2D eigenvalue weighted by atomic mass is 16.3. The van der Waals surface area contributed by atoms with Crippen LogP contribution in [0.1, 0.15) is 25.8 Å². The van der Waals surface area contributed by atoms with Gasteiger partial charge in [-0.2, -0.15) is 0 Å². The molecule has 1 aliphatic rings. The highest BCUT2D eigenvalue weighted by molar-refractivity contribution is 6.08. The average Bonchev–Trinajstić information content (AvgIpc) is 2.64. The molecule has 0 bridgehead atoms. The van der Waals surface area contributed by atoms with Gasteiger partial charge in [0.2, 0.25) is 11.8 Å². The molecule has 0 spiro atoms. The number of carbonyl (C=O) groups excluding carboxylic acids is 2. The summed E-state index contributed by atoms with van der Waals surface area (Å²) in [4.78, 5) is 25.7. The van der Waals surface area contributed by atoms with E-state index >= 15 is 0 Å². The minimum absolute atomic E-state index is 0.0807. The molecule has 0 aliphatic carbocycles. The van der Waals surface area contributed by atoms with Crippen LogP contribution in [0.5, 0.6) is 0 Å². The Kier molecular flexibility index (Phi) is 3.67. The third-order valence-electron chi connectivity index (χ3n) is 3.77.